The molecule has 0 fully saturated rings. The number of pyridine rings is 1. The molecule has 2 heteroatoms. The van der Waals surface area contributed by atoms with Crippen LogP contribution in [0.2, 0.25) is 0 Å². The number of hydrogen-bond donors (Lipinski definition) is 0. The molecule has 2 aromatic heterocycles. The average Bonchev–Trinajstić information content (AvgIpc) is 2.77. The van der Waals surface area contributed by atoms with E-state index in [0.29, 0.717) is 0 Å². The van der Waals surface area contributed by atoms with E-state index >= 15 is 0 Å². The standard InChI is InChI=1S/C13H8NS/c1-2-12(9-14-6-1)10-3-4-13-11(8-10)5-7-15-13/h1-6,8-9H. The number of fused-ring (bicyclic) bond motifs is 1. The second-order valence-corrected chi connectivity index (χ2v) is 4.24. The Bertz CT molecular complexity index is 584. The second kappa shape index (κ2) is 3.48. The Hall–Kier alpha value is -1.67. The van der Waals surface area contributed by atoms with E-state index in [1.807, 2.05) is 18.3 Å². The van der Waals surface area contributed by atoms with Crippen LogP contribution in [0.5, 0.6) is 0 Å². The second-order valence-electron chi connectivity index (χ2n) is 3.36. The van der Waals surface area contributed by atoms with Crippen LogP contribution >= 0.6 is 11.3 Å². The Balaban J connectivity index is 2.19. The molecule has 2 heterocycles. The Kier molecular flexibility index (Phi) is 2.00. The highest BCUT2D eigenvalue weighted by atomic mass is 32.1. The number of nitrogens with zero attached hydrogens (tertiary/aromatic N) is 1. The maximum Gasteiger partial charge on any atom is 0.0455 e. The van der Waals surface area contributed by atoms with Gasteiger partial charge in [-0.15, -0.1) is 11.3 Å². The molecule has 3 rings (SSSR count). The first kappa shape index (κ1) is 8.62. The molecule has 0 aliphatic rings. The van der Waals surface area contributed by atoms with Crippen LogP contribution in [0, 0.1) is 5.38 Å². The largest absolute Gasteiger partial charge is 0.264 e. The van der Waals surface area contributed by atoms with Gasteiger partial charge in [0, 0.05) is 28.0 Å². The first-order valence-electron chi connectivity index (χ1n) is 4.73. The van der Waals surface area contributed by atoms with Crippen molar-refractivity contribution in [1.82, 2.24) is 4.98 Å². The SMILES string of the molecule is [c]1cc2cc(-c3cccnc3)ccc2s1. The molecule has 0 amide bonds. The monoisotopic (exact) mass is 210 g/mol. The molecule has 0 saturated heterocycles. The number of benzene rings is 1. The number of hydrogen-bond acceptors (Lipinski definition) is 2. The van der Waals surface area contributed by atoms with Gasteiger partial charge in [0.2, 0.25) is 0 Å². The molecule has 0 aliphatic heterocycles. The molecule has 1 nitrogen and oxygen atoms in total. The van der Waals surface area contributed by atoms with Crippen LogP contribution in [0.4, 0.5) is 0 Å². The summed E-state index contributed by atoms with van der Waals surface area (Å²) < 4.78 is 1.28. The van der Waals surface area contributed by atoms with Gasteiger partial charge in [0.05, 0.1) is 0 Å². The lowest BCUT2D eigenvalue weighted by molar-refractivity contribution is 1.33. The van der Waals surface area contributed by atoms with Gasteiger partial charge < -0.3 is 0 Å². The third-order valence-corrected chi connectivity index (χ3v) is 3.22. The molecule has 0 N–H and O–H groups in total. The lowest BCUT2D eigenvalue weighted by Gasteiger charge is -2.00. The third kappa shape index (κ3) is 1.53. The van der Waals surface area contributed by atoms with E-state index in [-0.39, 0.29) is 0 Å². The predicted molar refractivity (Wildman–Crippen MR) is 63.9 cm³/mol. The Morgan fingerprint density at radius 3 is 3.00 bits per heavy atom. The van der Waals surface area contributed by atoms with E-state index in [0.717, 1.165) is 5.56 Å². The maximum absolute atomic E-state index is 4.12. The third-order valence-electron chi connectivity index (χ3n) is 2.39. The normalized spacial score (nSPS) is 10.7. The van der Waals surface area contributed by atoms with Crippen molar-refractivity contribution in [2.45, 2.75) is 0 Å². The lowest BCUT2D eigenvalue weighted by Crippen LogP contribution is -1.77. The molecule has 0 atom stereocenters. The van der Waals surface area contributed by atoms with Crippen LogP contribution in [-0.4, -0.2) is 4.98 Å². The Morgan fingerprint density at radius 1 is 1.13 bits per heavy atom. The zero-order chi connectivity index (χ0) is 10.1. The van der Waals surface area contributed by atoms with Gasteiger partial charge >= 0.3 is 0 Å². The maximum atomic E-state index is 4.12. The summed E-state index contributed by atoms with van der Waals surface area (Å²) in [5.41, 5.74) is 2.37. The fourth-order valence-corrected chi connectivity index (χ4v) is 2.31. The molecule has 15 heavy (non-hydrogen) atoms. The molecule has 0 saturated carbocycles. The van der Waals surface area contributed by atoms with Gasteiger partial charge in [-0.25, -0.2) is 0 Å². The molecule has 1 aromatic carbocycles. The van der Waals surface area contributed by atoms with Gasteiger partial charge in [-0.2, -0.15) is 0 Å². The van der Waals surface area contributed by atoms with E-state index in [1.54, 1.807) is 17.5 Å². The number of aromatic nitrogens is 1. The summed E-state index contributed by atoms with van der Waals surface area (Å²) in [6.07, 6.45) is 3.68. The van der Waals surface area contributed by atoms with Crippen molar-refractivity contribution in [3.63, 3.8) is 0 Å². The molecule has 3 aromatic rings. The van der Waals surface area contributed by atoms with Gasteiger partial charge in [-0.1, -0.05) is 12.1 Å². The number of thiophene rings is 1. The summed E-state index contributed by atoms with van der Waals surface area (Å²) in [7, 11) is 0. The van der Waals surface area contributed by atoms with E-state index in [1.165, 1.54) is 15.6 Å². The quantitative estimate of drug-likeness (QED) is 0.596. The molecular formula is C13H8NS. The van der Waals surface area contributed by atoms with Gasteiger partial charge in [0.1, 0.15) is 0 Å². The zero-order valence-corrected chi connectivity index (χ0v) is 8.79. The lowest BCUT2D eigenvalue weighted by atomic mass is 10.1. The minimum absolute atomic E-state index is 1.16. The molecule has 0 bridgehead atoms. The average molecular weight is 210 g/mol. The van der Waals surface area contributed by atoms with Gasteiger partial charge in [0.15, 0.2) is 0 Å². The highest BCUT2D eigenvalue weighted by Gasteiger charge is 1.99. The van der Waals surface area contributed by atoms with Gasteiger partial charge in [-0.05, 0) is 35.2 Å². The number of rotatable bonds is 1. The van der Waals surface area contributed by atoms with Crippen molar-refractivity contribution in [2.75, 3.05) is 0 Å². The summed E-state index contributed by atoms with van der Waals surface area (Å²) in [6, 6.07) is 12.5. The molecule has 0 unspecified atom stereocenters. The molecule has 0 spiro atoms. The van der Waals surface area contributed by atoms with Crippen molar-refractivity contribution in [3.8, 4) is 11.1 Å². The van der Waals surface area contributed by atoms with Gasteiger partial charge in [-0.3, -0.25) is 4.98 Å². The molecule has 1 radical (unpaired) electrons. The van der Waals surface area contributed by atoms with Crippen molar-refractivity contribution in [1.29, 1.82) is 0 Å². The summed E-state index contributed by atoms with van der Waals surface area (Å²) in [6.45, 7) is 0. The topological polar surface area (TPSA) is 12.9 Å². The highest BCUT2D eigenvalue weighted by molar-refractivity contribution is 7.16. The van der Waals surface area contributed by atoms with Crippen molar-refractivity contribution >= 4 is 21.4 Å². The summed E-state index contributed by atoms with van der Waals surface area (Å²) in [5.74, 6) is 0. The minimum atomic E-state index is 1.16. The molecular weight excluding hydrogens is 202 g/mol. The van der Waals surface area contributed by atoms with Crippen molar-refractivity contribution in [3.05, 3.63) is 54.2 Å². The van der Waals surface area contributed by atoms with Crippen LogP contribution in [-0.2, 0) is 0 Å². The molecule has 71 valence electrons. The summed E-state index contributed by atoms with van der Waals surface area (Å²) in [5, 5.41) is 4.39. The van der Waals surface area contributed by atoms with Crippen LogP contribution in [0.25, 0.3) is 21.2 Å². The highest BCUT2D eigenvalue weighted by Crippen LogP contribution is 2.26. The zero-order valence-electron chi connectivity index (χ0n) is 7.97. The summed E-state index contributed by atoms with van der Waals surface area (Å²) >= 11 is 1.65. The summed E-state index contributed by atoms with van der Waals surface area (Å²) in [4.78, 5) is 4.12. The van der Waals surface area contributed by atoms with Crippen LogP contribution in [0.15, 0.2) is 48.8 Å². The van der Waals surface area contributed by atoms with Crippen molar-refractivity contribution < 1.29 is 0 Å². The van der Waals surface area contributed by atoms with Crippen LogP contribution in [0.3, 0.4) is 0 Å². The van der Waals surface area contributed by atoms with E-state index in [2.05, 4.69) is 34.6 Å². The fraction of sp³-hybridized carbons (Fsp3) is 0. The van der Waals surface area contributed by atoms with E-state index in [4.69, 9.17) is 0 Å². The Morgan fingerprint density at radius 2 is 2.13 bits per heavy atom. The fourth-order valence-electron chi connectivity index (χ4n) is 1.62. The smallest absolute Gasteiger partial charge is 0.0455 e. The van der Waals surface area contributed by atoms with E-state index < -0.39 is 0 Å². The van der Waals surface area contributed by atoms with Crippen LogP contribution < -0.4 is 0 Å². The first-order chi connectivity index (χ1) is 7.43. The van der Waals surface area contributed by atoms with Gasteiger partial charge in [0.25, 0.3) is 0 Å². The Labute approximate surface area is 92.0 Å². The van der Waals surface area contributed by atoms with Crippen LogP contribution in [0.1, 0.15) is 0 Å². The minimum Gasteiger partial charge on any atom is -0.264 e. The molecule has 0 aliphatic carbocycles. The van der Waals surface area contributed by atoms with E-state index in [9.17, 15) is 0 Å². The predicted octanol–water partition coefficient (Wildman–Crippen LogP) is 3.76. The van der Waals surface area contributed by atoms with Crippen molar-refractivity contribution in [2.24, 2.45) is 0 Å². The first-order valence-corrected chi connectivity index (χ1v) is 5.55.